The highest BCUT2D eigenvalue weighted by molar-refractivity contribution is 7.80. The molecule has 1 aromatic rings. The SMILES string of the molecule is CNC(=S)N/N=C(C)/C(C)=N/NC(=S)NCC/C(=C1/N=C(C)C=C1C)c1c(C)cc(C)n1B(F)F. The molecule has 1 aliphatic heterocycles. The number of thiocarbonyl (C=S) groups is 2. The predicted molar refractivity (Wildman–Crippen MR) is 150 cm³/mol. The summed E-state index contributed by atoms with van der Waals surface area (Å²) in [6.07, 6.45) is 2.39. The summed E-state index contributed by atoms with van der Waals surface area (Å²) in [5.41, 5.74) is 11.7. The summed E-state index contributed by atoms with van der Waals surface area (Å²) in [5, 5.41) is 14.9. The summed E-state index contributed by atoms with van der Waals surface area (Å²) in [7, 11) is -0.959. The van der Waals surface area contributed by atoms with Crippen molar-refractivity contribution in [1.29, 1.82) is 0 Å². The molecule has 0 fully saturated rings. The van der Waals surface area contributed by atoms with Crippen LogP contribution < -0.4 is 21.5 Å². The number of aryl methyl sites for hydroxylation is 2. The van der Waals surface area contributed by atoms with E-state index in [4.69, 9.17) is 24.4 Å². The predicted octanol–water partition coefficient (Wildman–Crippen LogP) is 3.71. The van der Waals surface area contributed by atoms with Crippen LogP contribution in [-0.2, 0) is 0 Å². The van der Waals surface area contributed by atoms with Crippen LogP contribution in [-0.4, -0.2) is 52.8 Å². The van der Waals surface area contributed by atoms with Gasteiger partial charge in [0.25, 0.3) is 0 Å². The first kappa shape index (κ1) is 28.3. The van der Waals surface area contributed by atoms with Gasteiger partial charge in [-0.15, -0.1) is 0 Å². The molecule has 0 saturated carbocycles. The fourth-order valence-corrected chi connectivity index (χ4v) is 3.81. The monoisotopic (exact) mass is 520 g/mol. The number of halogens is 2. The van der Waals surface area contributed by atoms with E-state index < -0.39 is 7.40 Å². The number of hydrogen-bond acceptors (Lipinski definition) is 5. The van der Waals surface area contributed by atoms with E-state index in [2.05, 4.69) is 36.7 Å². The Bertz CT molecular complexity index is 1150. The van der Waals surface area contributed by atoms with Crippen LogP contribution in [0.1, 0.15) is 51.1 Å². The first-order valence-corrected chi connectivity index (χ1v) is 11.8. The zero-order valence-electron chi connectivity index (χ0n) is 21.0. The van der Waals surface area contributed by atoms with E-state index in [9.17, 15) is 8.63 Å². The molecule has 1 aliphatic rings. The third-order valence-corrected chi connectivity index (χ3v) is 5.87. The lowest BCUT2D eigenvalue weighted by Crippen LogP contribution is -2.34. The van der Waals surface area contributed by atoms with Crippen molar-refractivity contribution in [3.8, 4) is 0 Å². The maximum atomic E-state index is 13.9. The van der Waals surface area contributed by atoms with Gasteiger partial charge in [0.15, 0.2) is 10.2 Å². The van der Waals surface area contributed by atoms with Gasteiger partial charge in [-0.25, -0.2) is 0 Å². The molecular formula is C22H31BF2N8S2. The van der Waals surface area contributed by atoms with Gasteiger partial charge < -0.3 is 15.1 Å². The van der Waals surface area contributed by atoms with E-state index in [-0.39, 0.29) is 0 Å². The van der Waals surface area contributed by atoms with Gasteiger partial charge in [0.05, 0.1) is 17.1 Å². The second-order valence-electron chi connectivity index (χ2n) is 8.08. The highest BCUT2D eigenvalue weighted by Crippen LogP contribution is 2.34. The van der Waals surface area contributed by atoms with Crippen molar-refractivity contribution in [2.45, 2.75) is 48.0 Å². The zero-order valence-corrected chi connectivity index (χ0v) is 22.6. The van der Waals surface area contributed by atoms with E-state index >= 15 is 0 Å². The lowest BCUT2D eigenvalue weighted by molar-refractivity contribution is 0.623. The standard InChI is InChI=1S/C22H31BF2N8S2/c1-12-10-14(3)28-19(12)18(20-13(2)11-15(4)33(20)23(24)25)8-9-27-22(35)32-30-17(6)16(5)29-31-21(34)26-7/h10-11H,8-9H2,1-7H3,(H2,26,31,34)(H2,27,32,35)/b19-18-,29-16+,30-17+. The fraction of sp³-hybridized carbons (Fsp3) is 0.409. The summed E-state index contributed by atoms with van der Waals surface area (Å²) in [6, 6.07) is 1.77. The van der Waals surface area contributed by atoms with E-state index in [0.29, 0.717) is 46.0 Å². The number of allylic oxidation sites excluding steroid dienone is 2. The van der Waals surface area contributed by atoms with Crippen molar-refractivity contribution < 1.29 is 8.63 Å². The number of nitrogens with zero attached hydrogens (tertiary/aromatic N) is 4. The topological polar surface area (TPSA) is 90.1 Å². The van der Waals surface area contributed by atoms with Gasteiger partial charge in [0.1, 0.15) is 0 Å². The highest BCUT2D eigenvalue weighted by Gasteiger charge is 2.28. The summed E-state index contributed by atoms with van der Waals surface area (Å²) < 4.78 is 28.9. The van der Waals surface area contributed by atoms with Crippen molar-refractivity contribution in [3.63, 3.8) is 0 Å². The Morgan fingerprint density at radius 3 is 2.17 bits per heavy atom. The Kier molecular flexibility index (Phi) is 10.3. The third kappa shape index (κ3) is 7.53. The van der Waals surface area contributed by atoms with Gasteiger partial charge in [0, 0.05) is 36.3 Å². The first-order valence-electron chi connectivity index (χ1n) is 11.0. The molecule has 0 radical (unpaired) electrons. The molecule has 0 bridgehead atoms. The molecule has 4 N–H and O–H groups in total. The Balaban J connectivity index is 2.16. The molecule has 1 aromatic heterocycles. The maximum absolute atomic E-state index is 13.9. The molecule has 0 aromatic carbocycles. The molecule has 2 heterocycles. The van der Waals surface area contributed by atoms with Crippen LogP contribution >= 0.6 is 24.4 Å². The molecule has 35 heavy (non-hydrogen) atoms. The Morgan fingerprint density at radius 2 is 1.66 bits per heavy atom. The first-order chi connectivity index (χ1) is 16.5. The van der Waals surface area contributed by atoms with Crippen LogP contribution in [0.3, 0.4) is 0 Å². The second-order valence-corrected chi connectivity index (χ2v) is 8.89. The minimum Gasteiger partial charge on any atom is -0.364 e. The van der Waals surface area contributed by atoms with Gasteiger partial charge >= 0.3 is 7.40 Å². The summed E-state index contributed by atoms with van der Waals surface area (Å²) in [6.45, 7) is 11.3. The number of rotatable bonds is 8. The van der Waals surface area contributed by atoms with Gasteiger partial charge in [0.2, 0.25) is 0 Å². The molecular weight excluding hydrogens is 489 g/mol. The summed E-state index contributed by atoms with van der Waals surface area (Å²) >= 11 is 10.3. The van der Waals surface area contributed by atoms with Crippen LogP contribution in [0.5, 0.6) is 0 Å². The second kappa shape index (κ2) is 12.7. The average Bonchev–Trinajstić information content (AvgIpc) is 3.29. The minimum atomic E-state index is -2.65. The largest absolute Gasteiger partial charge is 0.677 e. The Morgan fingerprint density at radius 1 is 1.06 bits per heavy atom. The van der Waals surface area contributed by atoms with Crippen molar-refractivity contribution in [1.82, 2.24) is 26.0 Å². The third-order valence-electron chi connectivity index (χ3n) is 5.34. The lowest BCUT2D eigenvalue weighted by Gasteiger charge is -2.17. The van der Waals surface area contributed by atoms with Crippen LogP contribution in [0, 0.1) is 13.8 Å². The van der Waals surface area contributed by atoms with E-state index in [0.717, 1.165) is 32.6 Å². The molecule has 13 heteroatoms. The van der Waals surface area contributed by atoms with E-state index in [1.165, 1.54) is 0 Å². The molecule has 0 spiro atoms. The lowest BCUT2D eigenvalue weighted by atomic mass is 9.98. The summed E-state index contributed by atoms with van der Waals surface area (Å²) in [5.74, 6) is 0. The molecule has 0 unspecified atom stereocenters. The number of hydrogen-bond donors (Lipinski definition) is 4. The number of aliphatic imine (C=N–C) groups is 1. The van der Waals surface area contributed by atoms with Gasteiger partial charge in [-0.2, -0.15) is 10.2 Å². The maximum Gasteiger partial charge on any atom is 0.677 e. The van der Waals surface area contributed by atoms with Crippen LogP contribution in [0.15, 0.2) is 38.6 Å². The van der Waals surface area contributed by atoms with Crippen molar-refractivity contribution in [2.24, 2.45) is 15.2 Å². The van der Waals surface area contributed by atoms with Crippen molar-refractivity contribution in [3.05, 3.63) is 40.4 Å². The summed E-state index contributed by atoms with van der Waals surface area (Å²) in [4.78, 5) is 4.62. The van der Waals surface area contributed by atoms with Gasteiger partial charge in [-0.3, -0.25) is 24.5 Å². The van der Waals surface area contributed by atoms with Crippen molar-refractivity contribution in [2.75, 3.05) is 13.6 Å². The quantitative estimate of drug-likeness (QED) is 0.181. The van der Waals surface area contributed by atoms with Gasteiger partial charge in [-0.1, -0.05) is 0 Å². The highest BCUT2D eigenvalue weighted by atomic mass is 32.1. The zero-order chi connectivity index (χ0) is 26.3. The molecule has 0 aliphatic carbocycles. The van der Waals surface area contributed by atoms with E-state index in [1.807, 2.05) is 26.8 Å². The normalized spacial score (nSPS) is 15.3. The minimum absolute atomic E-state index is 0.302. The smallest absolute Gasteiger partial charge is 0.364 e. The van der Waals surface area contributed by atoms with Gasteiger partial charge in [-0.05, 0) is 95.7 Å². The fourth-order valence-electron chi connectivity index (χ4n) is 3.61. The number of nitrogens with one attached hydrogen (secondary N) is 4. The van der Waals surface area contributed by atoms with Crippen LogP contribution in [0.4, 0.5) is 8.63 Å². The van der Waals surface area contributed by atoms with Crippen LogP contribution in [0.2, 0.25) is 0 Å². The van der Waals surface area contributed by atoms with E-state index in [1.54, 1.807) is 33.9 Å². The Hall–Kier alpha value is -2.93. The van der Waals surface area contributed by atoms with Crippen molar-refractivity contribution >= 4 is 64.8 Å². The molecule has 0 amide bonds. The number of hydrazone groups is 2. The molecule has 2 rings (SSSR count). The number of aromatic nitrogens is 1. The molecule has 188 valence electrons. The Labute approximate surface area is 216 Å². The molecule has 0 saturated heterocycles. The van der Waals surface area contributed by atoms with Crippen LogP contribution in [0.25, 0.3) is 5.57 Å². The molecule has 0 atom stereocenters. The molecule has 8 nitrogen and oxygen atoms in total. The average molecular weight is 520 g/mol.